The second-order valence-electron chi connectivity index (χ2n) is 5.70. The summed E-state index contributed by atoms with van der Waals surface area (Å²) in [7, 11) is 0. The molecule has 11 heteroatoms. The normalized spacial score (nSPS) is 13.9. The van der Waals surface area contributed by atoms with Gasteiger partial charge in [-0.2, -0.15) is 11.8 Å². The molecule has 0 aliphatic heterocycles. The Hall–Kier alpha value is -1.85. The molecule has 4 N–H and O–H groups in total. The maximum Gasteiger partial charge on any atom is 0.329 e. The van der Waals surface area contributed by atoms with Gasteiger partial charge in [0.1, 0.15) is 19.3 Å². The minimum Gasteiger partial charge on any atom is -0.480 e. The number of carboxylic acids is 1. The number of carbonyl (C=O) groups is 4. The van der Waals surface area contributed by atoms with Gasteiger partial charge in [-0.05, 0) is 6.42 Å². The molecule has 3 unspecified atom stereocenters. The molecule has 0 heterocycles. The van der Waals surface area contributed by atoms with Crippen LogP contribution < -0.4 is 11.1 Å². The third-order valence-electron chi connectivity index (χ3n) is 3.13. The lowest BCUT2D eigenvalue weighted by atomic mass is 10.2. The number of ether oxygens (including phenoxy) is 3. The zero-order valence-corrected chi connectivity index (χ0v) is 16.6. The Bertz CT molecular complexity index is 503. The summed E-state index contributed by atoms with van der Waals surface area (Å²) in [6.07, 6.45) is -0.0678. The summed E-state index contributed by atoms with van der Waals surface area (Å²) in [6, 6.07) is -1.15. The number of carboxylic acid groups (broad SMARTS) is 1. The van der Waals surface area contributed by atoms with Crippen LogP contribution in [0.1, 0.15) is 27.2 Å². The highest BCUT2D eigenvalue weighted by atomic mass is 32.2. The van der Waals surface area contributed by atoms with Crippen LogP contribution in [0, 0.1) is 0 Å². The van der Waals surface area contributed by atoms with Gasteiger partial charge in [-0.3, -0.25) is 14.4 Å². The quantitative estimate of drug-likeness (QED) is 0.322. The molecule has 27 heavy (non-hydrogen) atoms. The van der Waals surface area contributed by atoms with Crippen LogP contribution in [0.15, 0.2) is 0 Å². The zero-order valence-electron chi connectivity index (χ0n) is 15.8. The van der Waals surface area contributed by atoms with Gasteiger partial charge in [0.15, 0.2) is 0 Å². The molecule has 3 atom stereocenters. The highest BCUT2D eigenvalue weighted by Gasteiger charge is 2.20. The minimum absolute atomic E-state index is 0.0673. The zero-order chi connectivity index (χ0) is 20.8. The Morgan fingerprint density at radius 3 is 2.30 bits per heavy atom. The van der Waals surface area contributed by atoms with Crippen molar-refractivity contribution in [1.29, 1.82) is 0 Å². The molecule has 10 nitrogen and oxygen atoms in total. The third-order valence-corrected chi connectivity index (χ3v) is 4.33. The van der Waals surface area contributed by atoms with Gasteiger partial charge in [-0.25, -0.2) is 4.79 Å². The second kappa shape index (κ2) is 14.2. The van der Waals surface area contributed by atoms with Gasteiger partial charge in [0.25, 0.3) is 0 Å². The van der Waals surface area contributed by atoms with E-state index < -0.39 is 42.6 Å². The summed E-state index contributed by atoms with van der Waals surface area (Å²) in [5, 5.41) is 11.2. The van der Waals surface area contributed by atoms with E-state index in [0.29, 0.717) is 12.2 Å². The number of carbonyl (C=O) groups excluding carboxylic acids is 3. The summed E-state index contributed by atoms with van der Waals surface area (Å²) >= 11 is 1.28. The summed E-state index contributed by atoms with van der Waals surface area (Å²) in [6.45, 7) is 3.90. The van der Waals surface area contributed by atoms with E-state index in [9.17, 15) is 19.2 Å². The number of rotatable bonds is 14. The van der Waals surface area contributed by atoms with Crippen LogP contribution in [-0.4, -0.2) is 78.4 Å². The molecule has 1 amide bonds. The fourth-order valence-corrected chi connectivity index (χ4v) is 2.79. The molecule has 0 saturated carbocycles. The van der Waals surface area contributed by atoms with Gasteiger partial charge in [0.05, 0.1) is 18.7 Å². The maximum atomic E-state index is 12.1. The summed E-state index contributed by atoms with van der Waals surface area (Å²) in [5.41, 5.74) is 5.85. The van der Waals surface area contributed by atoms with Gasteiger partial charge in [0.2, 0.25) is 5.91 Å². The first-order valence-corrected chi connectivity index (χ1v) is 9.54. The molecule has 0 spiro atoms. The first-order valence-electron chi connectivity index (χ1n) is 8.39. The third kappa shape index (κ3) is 13.9. The molecule has 0 fully saturated rings. The number of hydrogen-bond acceptors (Lipinski definition) is 9. The van der Waals surface area contributed by atoms with Gasteiger partial charge in [-0.15, -0.1) is 0 Å². The van der Waals surface area contributed by atoms with Crippen molar-refractivity contribution in [3.05, 3.63) is 0 Å². The average molecular weight is 408 g/mol. The van der Waals surface area contributed by atoms with Crippen molar-refractivity contribution in [2.24, 2.45) is 5.73 Å². The van der Waals surface area contributed by atoms with E-state index in [1.165, 1.54) is 25.6 Å². The average Bonchev–Trinajstić information content (AvgIpc) is 2.57. The van der Waals surface area contributed by atoms with Crippen LogP contribution in [0.25, 0.3) is 0 Å². The van der Waals surface area contributed by atoms with Crippen molar-refractivity contribution >= 4 is 35.6 Å². The Kier molecular flexibility index (Phi) is 13.3. The van der Waals surface area contributed by atoms with E-state index >= 15 is 0 Å². The van der Waals surface area contributed by atoms with E-state index in [-0.39, 0.29) is 25.0 Å². The number of amides is 1. The van der Waals surface area contributed by atoms with Crippen molar-refractivity contribution in [2.45, 2.75) is 45.4 Å². The molecule has 156 valence electrons. The van der Waals surface area contributed by atoms with Gasteiger partial charge in [0, 0.05) is 25.4 Å². The number of nitrogens with one attached hydrogen (secondary N) is 1. The molecule has 0 aromatic carbocycles. The molecule has 0 radical (unpaired) electrons. The van der Waals surface area contributed by atoms with Crippen molar-refractivity contribution in [1.82, 2.24) is 5.32 Å². The number of aliphatic carboxylic acids is 1. The summed E-state index contributed by atoms with van der Waals surface area (Å²) < 4.78 is 14.9. The van der Waals surface area contributed by atoms with E-state index in [2.05, 4.69) is 5.32 Å². The molecule has 0 saturated heterocycles. The molecular formula is C16H28N2O8S. The molecule has 0 aromatic rings. The number of esters is 2. The second-order valence-corrected chi connectivity index (χ2v) is 6.78. The van der Waals surface area contributed by atoms with Gasteiger partial charge in [-0.1, -0.05) is 6.92 Å². The summed E-state index contributed by atoms with van der Waals surface area (Å²) in [4.78, 5) is 44.5. The fourth-order valence-electron chi connectivity index (χ4n) is 1.82. The number of nitrogens with two attached hydrogens (primary N) is 1. The number of hydrogen-bond donors (Lipinski definition) is 3. The van der Waals surface area contributed by atoms with E-state index in [4.69, 9.17) is 25.1 Å². The van der Waals surface area contributed by atoms with Crippen LogP contribution in [0.2, 0.25) is 0 Å². The molecule has 0 aliphatic carbocycles. The fraction of sp³-hybridized carbons (Fsp3) is 0.750. The smallest absolute Gasteiger partial charge is 0.329 e. The molecule has 0 rings (SSSR count). The predicted molar refractivity (Wildman–Crippen MR) is 98.2 cm³/mol. The molecular weight excluding hydrogens is 380 g/mol. The van der Waals surface area contributed by atoms with E-state index in [1.54, 1.807) is 0 Å². The lowest BCUT2D eigenvalue weighted by molar-refractivity contribution is -0.154. The van der Waals surface area contributed by atoms with Crippen molar-refractivity contribution in [3.8, 4) is 0 Å². The SMILES string of the molecule is CCC(COCC(=O)O)NC(=O)C(N)CSCC(COC(C)=O)OC(C)=O. The monoisotopic (exact) mass is 408 g/mol. The standard InChI is InChI=1S/C16H28N2O8S/c1-4-12(5-24-7-15(21)22)18-16(23)14(17)9-27-8-13(26-11(3)20)6-25-10(2)19/h12-14H,4-9,17H2,1-3H3,(H,18,23)(H,21,22). The van der Waals surface area contributed by atoms with Crippen molar-refractivity contribution in [3.63, 3.8) is 0 Å². The first-order chi connectivity index (χ1) is 12.6. The largest absolute Gasteiger partial charge is 0.480 e. The lowest BCUT2D eigenvalue weighted by Gasteiger charge is -2.20. The maximum absolute atomic E-state index is 12.1. The predicted octanol–water partition coefficient (Wildman–Crippen LogP) is -0.462. The topological polar surface area (TPSA) is 154 Å². The first kappa shape index (κ1) is 25.1. The Morgan fingerprint density at radius 2 is 1.78 bits per heavy atom. The number of thioether (sulfide) groups is 1. The molecule has 0 bridgehead atoms. The van der Waals surface area contributed by atoms with Crippen LogP contribution in [-0.2, 0) is 33.4 Å². The Labute approximate surface area is 162 Å². The highest BCUT2D eigenvalue weighted by molar-refractivity contribution is 7.99. The van der Waals surface area contributed by atoms with Gasteiger partial charge < -0.3 is 30.4 Å². The van der Waals surface area contributed by atoms with Crippen LogP contribution in [0.5, 0.6) is 0 Å². The Balaban J connectivity index is 4.28. The molecule has 0 aliphatic rings. The van der Waals surface area contributed by atoms with Gasteiger partial charge >= 0.3 is 17.9 Å². The lowest BCUT2D eigenvalue weighted by Crippen LogP contribution is -2.48. The van der Waals surface area contributed by atoms with E-state index in [0.717, 1.165) is 0 Å². The van der Waals surface area contributed by atoms with Crippen molar-refractivity contribution in [2.75, 3.05) is 31.3 Å². The van der Waals surface area contributed by atoms with Crippen LogP contribution in [0.3, 0.4) is 0 Å². The molecule has 0 aromatic heterocycles. The van der Waals surface area contributed by atoms with Crippen LogP contribution in [0.4, 0.5) is 0 Å². The minimum atomic E-state index is -1.08. The Morgan fingerprint density at radius 1 is 1.11 bits per heavy atom. The highest BCUT2D eigenvalue weighted by Crippen LogP contribution is 2.09. The van der Waals surface area contributed by atoms with Crippen molar-refractivity contribution < 1.29 is 38.5 Å². The summed E-state index contributed by atoms with van der Waals surface area (Å²) in [5.74, 6) is -1.88. The van der Waals surface area contributed by atoms with E-state index in [1.807, 2.05) is 6.92 Å². The van der Waals surface area contributed by atoms with Crippen LogP contribution >= 0.6 is 11.8 Å².